The summed E-state index contributed by atoms with van der Waals surface area (Å²) in [5, 5.41) is 8.82. The second kappa shape index (κ2) is 6.47. The molecule has 1 amide bonds. The molecule has 1 rings (SSSR count). The number of rotatable bonds is 6. The van der Waals surface area contributed by atoms with Crippen molar-refractivity contribution in [3.05, 3.63) is 0 Å². The summed E-state index contributed by atoms with van der Waals surface area (Å²) in [6, 6.07) is 0. The van der Waals surface area contributed by atoms with Crippen molar-refractivity contribution in [1.29, 1.82) is 0 Å². The molecule has 0 aromatic carbocycles. The normalized spacial score (nSPS) is 18.9. The Morgan fingerprint density at radius 1 is 1.56 bits per heavy atom. The number of hydrogen-bond acceptors (Lipinski definition) is 4. The highest BCUT2D eigenvalue weighted by atomic mass is 32.2. The predicted octanol–water partition coefficient (Wildman–Crippen LogP) is 1.16. The Kier molecular flexibility index (Phi) is 5.58. The fourth-order valence-corrected chi connectivity index (χ4v) is 3.07. The number of carbonyl (C=O) groups excluding carboxylic acids is 1. The summed E-state index contributed by atoms with van der Waals surface area (Å²) in [5.74, 6) is 1.34. The quantitative estimate of drug-likeness (QED) is 0.714. The Hall–Kier alpha value is -0.260. The smallest absolute Gasteiger partial charge is 0.223 e. The van der Waals surface area contributed by atoms with E-state index in [1.807, 2.05) is 11.9 Å². The molecule has 1 fully saturated rings. The Balaban J connectivity index is 2.62. The first kappa shape index (κ1) is 13.8. The molecule has 0 bridgehead atoms. The van der Waals surface area contributed by atoms with Crippen LogP contribution in [0.2, 0.25) is 0 Å². The molecule has 1 unspecified atom stereocenters. The average molecular weight is 246 g/mol. The summed E-state index contributed by atoms with van der Waals surface area (Å²) in [6.45, 7) is 5.30. The number of carbonyl (C=O) groups is 1. The lowest BCUT2D eigenvalue weighted by Gasteiger charge is -2.37. The third kappa shape index (κ3) is 3.37. The van der Waals surface area contributed by atoms with Crippen LogP contribution in [0, 0.1) is 5.92 Å². The first-order valence-corrected chi connectivity index (χ1v) is 6.78. The third-order valence-electron chi connectivity index (χ3n) is 2.78. The summed E-state index contributed by atoms with van der Waals surface area (Å²) in [7, 11) is 2.00. The summed E-state index contributed by atoms with van der Waals surface area (Å²) in [6.07, 6.45) is 1.80. The Morgan fingerprint density at radius 3 is 2.69 bits per heavy atom. The molecule has 5 heteroatoms. The van der Waals surface area contributed by atoms with Crippen molar-refractivity contribution in [3.8, 4) is 0 Å². The molecule has 0 aromatic rings. The Bertz CT molecular complexity index is 236. The zero-order valence-corrected chi connectivity index (χ0v) is 11.2. The zero-order chi connectivity index (χ0) is 12.1. The van der Waals surface area contributed by atoms with Gasteiger partial charge in [0, 0.05) is 18.7 Å². The van der Waals surface area contributed by atoms with Crippen LogP contribution in [0.1, 0.15) is 26.7 Å². The van der Waals surface area contributed by atoms with E-state index in [1.165, 1.54) is 0 Å². The molecular weight excluding hydrogens is 224 g/mol. The topological polar surface area (TPSA) is 43.8 Å². The van der Waals surface area contributed by atoms with Crippen LogP contribution in [-0.2, 0) is 4.79 Å². The lowest BCUT2D eigenvalue weighted by atomic mass is 10.1. The van der Waals surface area contributed by atoms with E-state index in [0.29, 0.717) is 18.1 Å². The van der Waals surface area contributed by atoms with Crippen molar-refractivity contribution < 1.29 is 9.90 Å². The van der Waals surface area contributed by atoms with Gasteiger partial charge in [0.2, 0.25) is 5.91 Å². The number of nitrogens with zero attached hydrogens (tertiary/aromatic N) is 2. The second-order valence-electron chi connectivity index (χ2n) is 4.45. The molecule has 4 nitrogen and oxygen atoms in total. The van der Waals surface area contributed by atoms with Crippen molar-refractivity contribution in [2.24, 2.45) is 5.92 Å². The van der Waals surface area contributed by atoms with Gasteiger partial charge in [-0.1, -0.05) is 25.8 Å². The molecule has 1 aliphatic heterocycles. The lowest BCUT2D eigenvalue weighted by molar-refractivity contribution is -0.132. The van der Waals surface area contributed by atoms with Crippen LogP contribution in [0.5, 0.6) is 0 Å². The molecule has 0 radical (unpaired) electrons. The highest BCUT2D eigenvalue weighted by Crippen LogP contribution is 2.25. The minimum absolute atomic E-state index is 0.145. The monoisotopic (exact) mass is 246 g/mol. The van der Waals surface area contributed by atoms with E-state index in [-0.39, 0.29) is 18.7 Å². The minimum Gasteiger partial charge on any atom is -0.395 e. The predicted molar refractivity (Wildman–Crippen MR) is 66.9 cm³/mol. The van der Waals surface area contributed by atoms with Crippen molar-refractivity contribution in [1.82, 2.24) is 9.21 Å². The Labute approximate surface area is 102 Å². The number of amides is 1. The van der Waals surface area contributed by atoms with Crippen molar-refractivity contribution in [2.75, 3.05) is 26.0 Å². The van der Waals surface area contributed by atoms with Gasteiger partial charge < -0.3 is 10.0 Å². The maximum atomic E-state index is 11.7. The van der Waals surface area contributed by atoms with Crippen molar-refractivity contribution in [3.63, 3.8) is 0 Å². The van der Waals surface area contributed by atoms with E-state index in [2.05, 4.69) is 18.2 Å². The van der Waals surface area contributed by atoms with Gasteiger partial charge in [-0.05, 0) is 19.4 Å². The van der Waals surface area contributed by atoms with Crippen LogP contribution in [0.25, 0.3) is 0 Å². The maximum Gasteiger partial charge on any atom is 0.223 e. The summed E-state index contributed by atoms with van der Waals surface area (Å²) < 4.78 is 2.10. The van der Waals surface area contributed by atoms with E-state index in [0.717, 1.165) is 13.0 Å². The molecule has 0 spiro atoms. The summed E-state index contributed by atoms with van der Waals surface area (Å²) >= 11 is 1.59. The molecular formula is C11H22N2O2S. The molecule has 16 heavy (non-hydrogen) atoms. The lowest BCUT2D eigenvalue weighted by Crippen LogP contribution is -2.48. The molecule has 1 N–H and O–H groups in total. The minimum atomic E-state index is 0.145. The highest BCUT2D eigenvalue weighted by Gasteiger charge is 2.32. The van der Waals surface area contributed by atoms with Gasteiger partial charge >= 0.3 is 0 Å². The largest absolute Gasteiger partial charge is 0.395 e. The number of aliphatic hydroxyl groups excluding tert-OH is 1. The molecule has 94 valence electrons. The van der Waals surface area contributed by atoms with Crippen LogP contribution in [0.3, 0.4) is 0 Å². The number of hydrogen-bond donors (Lipinski definition) is 1. The fraction of sp³-hybridized carbons (Fsp3) is 0.909. The number of likely N-dealkylation sites (tertiary alicyclic amines) is 1. The first-order chi connectivity index (χ1) is 7.57. The summed E-state index contributed by atoms with van der Waals surface area (Å²) in [5.41, 5.74) is 0. The standard InChI is InChI=1S/C11H22N2O2S/c1-9(2)11(12(3)16-8-7-14)13-6-4-5-10(13)15/h9,11,14H,4-8H2,1-3H3. The molecule has 1 aliphatic rings. The maximum absolute atomic E-state index is 11.7. The van der Waals surface area contributed by atoms with E-state index in [9.17, 15) is 4.79 Å². The van der Waals surface area contributed by atoms with Crippen LogP contribution < -0.4 is 0 Å². The van der Waals surface area contributed by atoms with E-state index >= 15 is 0 Å². The van der Waals surface area contributed by atoms with E-state index < -0.39 is 0 Å². The van der Waals surface area contributed by atoms with Gasteiger partial charge in [0.1, 0.15) is 0 Å². The third-order valence-corrected chi connectivity index (χ3v) is 3.77. The van der Waals surface area contributed by atoms with Gasteiger partial charge in [0.05, 0.1) is 12.8 Å². The molecule has 1 heterocycles. The summed E-state index contributed by atoms with van der Waals surface area (Å²) in [4.78, 5) is 13.7. The van der Waals surface area contributed by atoms with Crippen LogP contribution in [0.4, 0.5) is 0 Å². The van der Waals surface area contributed by atoms with Crippen LogP contribution >= 0.6 is 11.9 Å². The zero-order valence-electron chi connectivity index (χ0n) is 10.3. The second-order valence-corrected chi connectivity index (χ2v) is 5.69. The van der Waals surface area contributed by atoms with Crippen molar-refractivity contribution in [2.45, 2.75) is 32.9 Å². The number of aliphatic hydroxyl groups is 1. The van der Waals surface area contributed by atoms with Gasteiger partial charge in [-0.25, -0.2) is 4.31 Å². The van der Waals surface area contributed by atoms with E-state index in [4.69, 9.17) is 5.11 Å². The fourth-order valence-electron chi connectivity index (χ4n) is 2.19. The SMILES string of the molecule is CC(C)C(N(C)SCCO)N1CCCC1=O. The van der Waals surface area contributed by atoms with Crippen LogP contribution in [0.15, 0.2) is 0 Å². The molecule has 0 aliphatic carbocycles. The van der Waals surface area contributed by atoms with E-state index in [1.54, 1.807) is 11.9 Å². The molecule has 1 atom stereocenters. The highest BCUT2D eigenvalue weighted by molar-refractivity contribution is 7.97. The van der Waals surface area contributed by atoms with Gasteiger partial charge in [-0.3, -0.25) is 4.79 Å². The van der Waals surface area contributed by atoms with Gasteiger partial charge in [0.25, 0.3) is 0 Å². The molecule has 1 saturated heterocycles. The van der Waals surface area contributed by atoms with Gasteiger partial charge in [-0.15, -0.1) is 0 Å². The van der Waals surface area contributed by atoms with Crippen molar-refractivity contribution >= 4 is 17.9 Å². The van der Waals surface area contributed by atoms with Gasteiger partial charge in [-0.2, -0.15) is 0 Å². The van der Waals surface area contributed by atoms with Crippen LogP contribution in [-0.4, -0.2) is 52.3 Å². The van der Waals surface area contributed by atoms with Gasteiger partial charge in [0.15, 0.2) is 0 Å². The Morgan fingerprint density at radius 2 is 2.25 bits per heavy atom. The average Bonchev–Trinajstić information content (AvgIpc) is 2.62. The molecule has 0 saturated carbocycles. The first-order valence-electron chi connectivity index (χ1n) is 5.84. The molecule has 0 aromatic heterocycles.